The summed E-state index contributed by atoms with van der Waals surface area (Å²) in [6.45, 7) is 0. The second-order valence-electron chi connectivity index (χ2n) is 5.17. The third kappa shape index (κ3) is 3.69. The Morgan fingerprint density at radius 2 is 1.82 bits per heavy atom. The van der Waals surface area contributed by atoms with Crippen molar-refractivity contribution in [3.8, 4) is 0 Å². The van der Waals surface area contributed by atoms with E-state index in [2.05, 4.69) is 10.3 Å². The van der Waals surface area contributed by atoms with Crippen molar-refractivity contribution in [3.63, 3.8) is 0 Å². The molecule has 0 aliphatic rings. The highest BCUT2D eigenvalue weighted by atomic mass is 16.2. The minimum atomic E-state index is -0.303. The normalized spacial score (nSPS) is 10.1. The third-order valence-corrected chi connectivity index (χ3v) is 3.22. The minimum Gasteiger partial charge on any atom is -0.354 e. The number of amides is 2. The molecule has 1 heterocycles. The Hall–Kier alpha value is -2.69. The summed E-state index contributed by atoms with van der Waals surface area (Å²) < 4.78 is 0. The van der Waals surface area contributed by atoms with Crippen molar-refractivity contribution in [3.05, 3.63) is 65.0 Å². The lowest BCUT2D eigenvalue weighted by molar-refractivity contribution is 0.0827. The van der Waals surface area contributed by atoms with Gasteiger partial charge in [0.2, 0.25) is 0 Å². The van der Waals surface area contributed by atoms with Gasteiger partial charge in [-0.1, -0.05) is 30.3 Å². The predicted molar refractivity (Wildman–Crippen MR) is 84.9 cm³/mol. The molecule has 22 heavy (non-hydrogen) atoms. The van der Waals surface area contributed by atoms with E-state index in [4.69, 9.17) is 0 Å². The predicted octanol–water partition coefficient (Wildman–Crippen LogP) is 1.73. The lowest BCUT2D eigenvalue weighted by Crippen LogP contribution is -2.24. The number of carbonyl (C=O) groups excluding carboxylic acids is 2. The number of carbonyl (C=O) groups is 2. The smallest absolute Gasteiger partial charge is 0.269 e. The number of nitrogens with one attached hydrogen (secondary N) is 1. The zero-order valence-corrected chi connectivity index (χ0v) is 13.0. The average molecular weight is 297 g/mol. The standard InChI is InChI=1S/C17H19N3O2/c1-18-16(21)15-11-13(17(22)20(2)3)10-14(19-15)9-12-7-5-4-6-8-12/h4-8,10-11H,9H2,1-3H3,(H,18,21). The molecule has 1 aromatic carbocycles. The highest BCUT2D eigenvalue weighted by Crippen LogP contribution is 2.13. The molecule has 0 saturated carbocycles. The third-order valence-electron chi connectivity index (χ3n) is 3.22. The molecule has 2 amide bonds. The van der Waals surface area contributed by atoms with Gasteiger partial charge < -0.3 is 10.2 Å². The maximum atomic E-state index is 12.2. The Bertz CT molecular complexity index is 682. The molecule has 0 unspecified atom stereocenters. The molecule has 0 bridgehead atoms. The van der Waals surface area contributed by atoms with Gasteiger partial charge in [-0.2, -0.15) is 0 Å². The van der Waals surface area contributed by atoms with E-state index in [0.717, 1.165) is 5.56 Å². The van der Waals surface area contributed by atoms with Crippen LogP contribution in [0.5, 0.6) is 0 Å². The van der Waals surface area contributed by atoms with E-state index in [1.807, 2.05) is 30.3 Å². The summed E-state index contributed by atoms with van der Waals surface area (Å²) in [5.41, 5.74) is 2.48. The quantitative estimate of drug-likeness (QED) is 0.935. The van der Waals surface area contributed by atoms with Gasteiger partial charge in [-0.05, 0) is 17.7 Å². The minimum absolute atomic E-state index is 0.151. The molecule has 1 N–H and O–H groups in total. The molecule has 5 nitrogen and oxygen atoms in total. The van der Waals surface area contributed by atoms with E-state index in [9.17, 15) is 9.59 Å². The van der Waals surface area contributed by atoms with Crippen molar-refractivity contribution in [1.82, 2.24) is 15.2 Å². The number of hydrogen-bond acceptors (Lipinski definition) is 3. The van der Waals surface area contributed by atoms with Crippen LogP contribution in [0.1, 0.15) is 32.1 Å². The van der Waals surface area contributed by atoms with Crippen LogP contribution >= 0.6 is 0 Å². The number of pyridine rings is 1. The lowest BCUT2D eigenvalue weighted by atomic mass is 10.1. The van der Waals surface area contributed by atoms with Crippen molar-refractivity contribution in [2.45, 2.75) is 6.42 Å². The summed E-state index contributed by atoms with van der Waals surface area (Å²) in [6.07, 6.45) is 0.569. The molecule has 0 spiro atoms. The zero-order chi connectivity index (χ0) is 16.1. The largest absolute Gasteiger partial charge is 0.354 e. The van der Waals surface area contributed by atoms with Gasteiger partial charge in [0.05, 0.1) is 0 Å². The molecule has 0 fully saturated rings. The van der Waals surface area contributed by atoms with Gasteiger partial charge in [-0.3, -0.25) is 9.59 Å². The Kier molecular flexibility index (Phi) is 4.88. The highest BCUT2D eigenvalue weighted by molar-refractivity contribution is 5.98. The second kappa shape index (κ2) is 6.85. The van der Waals surface area contributed by atoms with E-state index in [1.54, 1.807) is 27.2 Å². The fourth-order valence-electron chi connectivity index (χ4n) is 2.11. The fraction of sp³-hybridized carbons (Fsp3) is 0.235. The Morgan fingerprint density at radius 1 is 1.14 bits per heavy atom. The van der Waals surface area contributed by atoms with E-state index < -0.39 is 0 Å². The van der Waals surface area contributed by atoms with Gasteiger partial charge >= 0.3 is 0 Å². The first kappa shape index (κ1) is 15.7. The molecule has 0 atom stereocenters. The van der Waals surface area contributed by atoms with E-state index in [0.29, 0.717) is 17.7 Å². The number of nitrogens with zero attached hydrogens (tertiary/aromatic N) is 2. The van der Waals surface area contributed by atoms with Gasteiger partial charge in [-0.15, -0.1) is 0 Å². The Labute approximate surface area is 130 Å². The maximum absolute atomic E-state index is 12.2. The van der Waals surface area contributed by atoms with Crippen LogP contribution in [-0.4, -0.2) is 42.8 Å². The summed E-state index contributed by atoms with van der Waals surface area (Å²) in [7, 11) is 4.90. The zero-order valence-electron chi connectivity index (χ0n) is 13.0. The van der Waals surface area contributed by atoms with Crippen LogP contribution in [0.3, 0.4) is 0 Å². The molecular formula is C17H19N3O2. The van der Waals surface area contributed by atoms with Gasteiger partial charge in [0.1, 0.15) is 5.69 Å². The maximum Gasteiger partial charge on any atom is 0.269 e. The van der Waals surface area contributed by atoms with Gasteiger partial charge in [0.15, 0.2) is 0 Å². The van der Waals surface area contributed by atoms with Crippen molar-refractivity contribution >= 4 is 11.8 Å². The molecule has 114 valence electrons. The molecular weight excluding hydrogens is 278 g/mol. The van der Waals surface area contributed by atoms with Gasteiger partial charge in [0, 0.05) is 38.8 Å². The monoisotopic (exact) mass is 297 g/mol. The van der Waals surface area contributed by atoms with Crippen LogP contribution < -0.4 is 5.32 Å². The molecule has 0 aliphatic heterocycles. The number of benzene rings is 1. The molecule has 0 radical (unpaired) electrons. The van der Waals surface area contributed by atoms with Crippen molar-refractivity contribution < 1.29 is 9.59 Å². The Balaban J connectivity index is 2.42. The average Bonchev–Trinajstić information content (AvgIpc) is 2.53. The summed E-state index contributed by atoms with van der Waals surface area (Å²) >= 11 is 0. The number of hydrogen-bond donors (Lipinski definition) is 1. The first-order valence-corrected chi connectivity index (χ1v) is 7.00. The molecule has 0 aliphatic carbocycles. The van der Waals surface area contributed by atoms with Crippen molar-refractivity contribution in [1.29, 1.82) is 0 Å². The van der Waals surface area contributed by atoms with Gasteiger partial charge in [-0.25, -0.2) is 4.98 Å². The van der Waals surface area contributed by atoms with Crippen molar-refractivity contribution in [2.24, 2.45) is 0 Å². The first-order valence-electron chi connectivity index (χ1n) is 7.00. The van der Waals surface area contributed by atoms with Crippen LogP contribution in [0.4, 0.5) is 0 Å². The first-order chi connectivity index (χ1) is 10.5. The Morgan fingerprint density at radius 3 is 2.41 bits per heavy atom. The molecule has 2 aromatic rings. The van der Waals surface area contributed by atoms with Crippen molar-refractivity contribution in [2.75, 3.05) is 21.1 Å². The second-order valence-corrected chi connectivity index (χ2v) is 5.17. The molecule has 0 saturated heterocycles. The fourth-order valence-corrected chi connectivity index (χ4v) is 2.11. The van der Waals surface area contributed by atoms with E-state index >= 15 is 0 Å². The highest BCUT2D eigenvalue weighted by Gasteiger charge is 2.15. The topological polar surface area (TPSA) is 62.3 Å². The van der Waals surface area contributed by atoms with Crippen LogP contribution in [0, 0.1) is 0 Å². The SMILES string of the molecule is CNC(=O)c1cc(C(=O)N(C)C)cc(Cc2ccccc2)n1. The summed E-state index contributed by atoms with van der Waals surface area (Å²) in [5, 5.41) is 2.54. The van der Waals surface area contributed by atoms with Crippen LogP contribution in [0.25, 0.3) is 0 Å². The number of rotatable bonds is 4. The summed E-state index contributed by atoms with van der Waals surface area (Å²) in [4.78, 5) is 29.9. The lowest BCUT2D eigenvalue weighted by Gasteiger charge is -2.12. The van der Waals surface area contributed by atoms with E-state index in [1.165, 1.54) is 11.0 Å². The molecule has 5 heteroatoms. The van der Waals surface area contributed by atoms with Gasteiger partial charge in [0.25, 0.3) is 11.8 Å². The number of aromatic nitrogens is 1. The molecule has 2 rings (SSSR count). The summed E-state index contributed by atoms with van der Waals surface area (Å²) in [5.74, 6) is -0.454. The summed E-state index contributed by atoms with van der Waals surface area (Å²) in [6, 6.07) is 13.1. The van der Waals surface area contributed by atoms with E-state index in [-0.39, 0.29) is 17.5 Å². The molecule has 1 aromatic heterocycles. The van der Waals surface area contributed by atoms with Crippen LogP contribution in [0.15, 0.2) is 42.5 Å². The van der Waals surface area contributed by atoms with Crippen LogP contribution in [-0.2, 0) is 6.42 Å². The van der Waals surface area contributed by atoms with Crippen LogP contribution in [0.2, 0.25) is 0 Å².